The Morgan fingerprint density at radius 1 is 1.17 bits per heavy atom. The summed E-state index contributed by atoms with van der Waals surface area (Å²) >= 11 is 0. The van der Waals surface area contributed by atoms with Gasteiger partial charge >= 0.3 is 0 Å². The summed E-state index contributed by atoms with van der Waals surface area (Å²) in [6, 6.07) is 4.08. The van der Waals surface area contributed by atoms with E-state index in [9.17, 15) is 0 Å². The number of rotatable bonds is 0. The fourth-order valence-electron chi connectivity index (χ4n) is 1.32. The first-order valence-electron chi connectivity index (χ1n) is 3.96. The van der Waals surface area contributed by atoms with Crippen LogP contribution in [0.2, 0.25) is 0 Å². The molecule has 0 saturated heterocycles. The molecule has 0 saturated carbocycles. The number of hydrogen-bond acceptors (Lipinski definition) is 2. The quantitative estimate of drug-likeness (QED) is 0.587. The first kappa shape index (κ1) is 7.28. The second kappa shape index (κ2) is 2.30. The molecule has 0 amide bonds. The monoisotopic (exact) mass is 161 g/mol. The molecule has 0 aliphatic heterocycles. The molecule has 1 aromatic carbocycles. The molecule has 3 nitrogen and oxygen atoms in total. The van der Waals surface area contributed by atoms with Crippen molar-refractivity contribution < 1.29 is 0 Å². The largest absolute Gasteiger partial charge is 0.187 e. The van der Waals surface area contributed by atoms with Crippen LogP contribution < -0.4 is 0 Å². The molecule has 0 unspecified atom stereocenters. The molecular formula is C9H11N3. The summed E-state index contributed by atoms with van der Waals surface area (Å²) in [5.41, 5.74) is 4.47. The van der Waals surface area contributed by atoms with E-state index in [-0.39, 0.29) is 0 Å². The Hall–Kier alpha value is -1.38. The summed E-state index contributed by atoms with van der Waals surface area (Å²) in [6.45, 7) is 4.16. The third kappa shape index (κ3) is 0.897. The maximum absolute atomic E-state index is 4.28. The predicted molar refractivity (Wildman–Crippen MR) is 48.0 cm³/mol. The third-order valence-corrected chi connectivity index (χ3v) is 2.18. The van der Waals surface area contributed by atoms with Crippen LogP contribution in [-0.4, -0.2) is 15.0 Å². The Labute approximate surface area is 71.0 Å². The normalized spacial score (nSPS) is 10.9. The van der Waals surface area contributed by atoms with Gasteiger partial charge in [0.1, 0.15) is 11.0 Å². The topological polar surface area (TPSA) is 30.7 Å². The smallest absolute Gasteiger partial charge is 0.116 e. The average molecular weight is 161 g/mol. The molecule has 0 radical (unpaired) electrons. The number of aromatic nitrogens is 3. The zero-order valence-electron chi connectivity index (χ0n) is 7.50. The van der Waals surface area contributed by atoms with Gasteiger partial charge in [-0.2, -0.15) is 15.0 Å². The van der Waals surface area contributed by atoms with Crippen molar-refractivity contribution in [1.82, 2.24) is 15.0 Å². The predicted octanol–water partition coefficient (Wildman–Crippen LogP) is 1.59. The van der Waals surface area contributed by atoms with Gasteiger partial charge in [-0.25, -0.2) is 0 Å². The standard InChI is InChI=1S/C9H11N3/c1-6-4-5-8-9(7(6)2)11-12(3)10-8/h4-5H,1-3H3. The van der Waals surface area contributed by atoms with E-state index < -0.39 is 0 Å². The molecule has 0 atom stereocenters. The molecule has 0 aliphatic rings. The van der Waals surface area contributed by atoms with Gasteiger partial charge in [-0.3, -0.25) is 0 Å². The minimum absolute atomic E-state index is 0.973. The minimum Gasteiger partial charge on any atom is -0.187 e. The number of fused-ring (bicyclic) bond motifs is 1. The summed E-state index contributed by atoms with van der Waals surface area (Å²) in [5, 5.41) is 8.50. The van der Waals surface area contributed by atoms with E-state index >= 15 is 0 Å². The molecular weight excluding hydrogens is 150 g/mol. The van der Waals surface area contributed by atoms with Gasteiger partial charge < -0.3 is 0 Å². The second-order valence-electron chi connectivity index (χ2n) is 3.06. The van der Waals surface area contributed by atoms with E-state index in [4.69, 9.17) is 0 Å². The highest BCUT2D eigenvalue weighted by atomic mass is 15.4. The van der Waals surface area contributed by atoms with Gasteiger partial charge in [-0.15, -0.1) is 0 Å². The van der Waals surface area contributed by atoms with Crippen LogP contribution in [0, 0.1) is 13.8 Å². The molecule has 2 rings (SSSR count). The van der Waals surface area contributed by atoms with E-state index in [2.05, 4.69) is 30.1 Å². The maximum Gasteiger partial charge on any atom is 0.116 e. The lowest BCUT2D eigenvalue weighted by atomic mass is 10.1. The number of hydrogen-bond donors (Lipinski definition) is 0. The molecule has 0 aliphatic carbocycles. The van der Waals surface area contributed by atoms with E-state index in [0.717, 1.165) is 11.0 Å². The summed E-state index contributed by atoms with van der Waals surface area (Å²) in [5.74, 6) is 0. The Morgan fingerprint density at radius 3 is 2.67 bits per heavy atom. The van der Waals surface area contributed by atoms with Crippen LogP contribution in [0.3, 0.4) is 0 Å². The van der Waals surface area contributed by atoms with E-state index in [1.165, 1.54) is 11.1 Å². The van der Waals surface area contributed by atoms with Gasteiger partial charge in [0, 0.05) is 7.05 Å². The SMILES string of the molecule is Cc1ccc2nn(C)nc2c1C. The molecule has 12 heavy (non-hydrogen) atoms. The number of aryl methyl sites for hydroxylation is 3. The molecule has 1 heterocycles. The Bertz CT molecular complexity index is 429. The molecule has 62 valence electrons. The fraction of sp³-hybridized carbons (Fsp3) is 0.333. The lowest BCUT2D eigenvalue weighted by Crippen LogP contribution is -1.90. The number of benzene rings is 1. The highest BCUT2D eigenvalue weighted by Crippen LogP contribution is 2.16. The number of nitrogens with zero attached hydrogens (tertiary/aromatic N) is 3. The van der Waals surface area contributed by atoms with Crippen molar-refractivity contribution in [1.29, 1.82) is 0 Å². The van der Waals surface area contributed by atoms with Crippen molar-refractivity contribution in [2.75, 3.05) is 0 Å². The molecule has 0 spiro atoms. The van der Waals surface area contributed by atoms with Crippen LogP contribution in [0.4, 0.5) is 0 Å². The highest BCUT2D eigenvalue weighted by molar-refractivity contribution is 5.78. The van der Waals surface area contributed by atoms with Crippen molar-refractivity contribution in [2.24, 2.45) is 7.05 Å². The van der Waals surface area contributed by atoms with Crippen molar-refractivity contribution in [3.8, 4) is 0 Å². The van der Waals surface area contributed by atoms with Crippen LogP contribution >= 0.6 is 0 Å². The summed E-state index contributed by atoms with van der Waals surface area (Å²) < 4.78 is 0. The first-order chi connectivity index (χ1) is 5.68. The van der Waals surface area contributed by atoms with Crippen molar-refractivity contribution in [2.45, 2.75) is 13.8 Å². The van der Waals surface area contributed by atoms with Crippen LogP contribution in [0.25, 0.3) is 11.0 Å². The molecule has 0 fully saturated rings. The molecule has 0 N–H and O–H groups in total. The van der Waals surface area contributed by atoms with Gasteiger partial charge in [-0.05, 0) is 31.0 Å². The zero-order chi connectivity index (χ0) is 8.72. The maximum atomic E-state index is 4.28. The molecule has 0 bridgehead atoms. The molecule has 2 aromatic rings. The lowest BCUT2D eigenvalue weighted by molar-refractivity contribution is 0.665. The van der Waals surface area contributed by atoms with E-state index in [1.807, 2.05) is 13.1 Å². The summed E-state index contributed by atoms with van der Waals surface area (Å²) in [4.78, 5) is 1.61. The fourth-order valence-corrected chi connectivity index (χ4v) is 1.32. The van der Waals surface area contributed by atoms with Crippen LogP contribution in [0.5, 0.6) is 0 Å². The summed E-state index contributed by atoms with van der Waals surface area (Å²) in [7, 11) is 1.84. The van der Waals surface area contributed by atoms with Gasteiger partial charge in [0.2, 0.25) is 0 Å². The third-order valence-electron chi connectivity index (χ3n) is 2.18. The summed E-state index contributed by atoms with van der Waals surface area (Å²) in [6.07, 6.45) is 0. The molecule has 3 heteroatoms. The van der Waals surface area contributed by atoms with Gasteiger partial charge in [-0.1, -0.05) is 6.07 Å². The minimum atomic E-state index is 0.973. The molecule has 1 aromatic heterocycles. The van der Waals surface area contributed by atoms with Crippen LogP contribution in [-0.2, 0) is 7.05 Å². The van der Waals surface area contributed by atoms with Crippen LogP contribution in [0.15, 0.2) is 12.1 Å². The van der Waals surface area contributed by atoms with Crippen molar-refractivity contribution in [3.63, 3.8) is 0 Å². The second-order valence-corrected chi connectivity index (χ2v) is 3.06. The lowest BCUT2D eigenvalue weighted by Gasteiger charge is -1.96. The Kier molecular flexibility index (Phi) is 1.40. The first-order valence-corrected chi connectivity index (χ1v) is 3.96. The van der Waals surface area contributed by atoms with E-state index in [0.29, 0.717) is 0 Å². The van der Waals surface area contributed by atoms with Gasteiger partial charge in [0.25, 0.3) is 0 Å². The average Bonchev–Trinajstić information content (AvgIpc) is 2.39. The van der Waals surface area contributed by atoms with Gasteiger partial charge in [0.05, 0.1) is 0 Å². The Morgan fingerprint density at radius 2 is 1.92 bits per heavy atom. The highest BCUT2D eigenvalue weighted by Gasteiger charge is 2.04. The zero-order valence-corrected chi connectivity index (χ0v) is 7.50. The Balaban J connectivity index is 2.89. The van der Waals surface area contributed by atoms with Crippen molar-refractivity contribution in [3.05, 3.63) is 23.3 Å². The van der Waals surface area contributed by atoms with Gasteiger partial charge in [0.15, 0.2) is 0 Å². The van der Waals surface area contributed by atoms with Crippen LogP contribution in [0.1, 0.15) is 11.1 Å². The van der Waals surface area contributed by atoms with Crippen molar-refractivity contribution >= 4 is 11.0 Å². The van der Waals surface area contributed by atoms with E-state index in [1.54, 1.807) is 4.80 Å².